The smallest absolute Gasteiger partial charge is 0.201 e. The molecule has 8 heteroatoms. The number of phenolic OH excluding ortho intramolecular Hbond substituents is 2. The number of para-hydroxylation sites is 2. The van der Waals surface area contributed by atoms with Crippen LogP contribution in [0.15, 0.2) is 72.8 Å². The van der Waals surface area contributed by atoms with Crippen LogP contribution in [-0.2, 0) is 0 Å². The van der Waals surface area contributed by atoms with Crippen LogP contribution in [0.4, 0.5) is 31.5 Å². The summed E-state index contributed by atoms with van der Waals surface area (Å²) < 4.78 is 31.9. The van der Waals surface area contributed by atoms with Crippen LogP contribution in [0.25, 0.3) is 0 Å². The Hall–Kier alpha value is -4.72. The average molecular weight is 458 g/mol. The van der Waals surface area contributed by atoms with E-state index in [4.69, 9.17) is 0 Å². The van der Waals surface area contributed by atoms with Gasteiger partial charge < -0.3 is 20.8 Å². The van der Waals surface area contributed by atoms with Gasteiger partial charge in [0, 0.05) is 11.4 Å². The molecule has 4 aromatic carbocycles. The molecular formula is C26H16F2N2O4. The van der Waals surface area contributed by atoms with Crippen molar-refractivity contribution in [3.8, 4) is 11.5 Å². The van der Waals surface area contributed by atoms with Gasteiger partial charge in [0.05, 0.1) is 22.3 Å². The standard InChI is InChI=1S/C26H16F2N2O4/c27-21-19-20(26(34)18-16(32)12-11-15(31)17(18)25(19)33)22(28)24(30-14-9-5-2-6-10-14)23(21)29-13-7-3-1-4-8-13/h1-12,29-32H. The SMILES string of the molecule is O=C1c2c(O)ccc(O)c2C(=O)c2c(F)c(Nc3ccccc3)c(Nc3ccccc3)c(F)c21. The maximum atomic E-state index is 15.9. The van der Waals surface area contributed by atoms with Crippen molar-refractivity contribution in [1.82, 2.24) is 0 Å². The van der Waals surface area contributed by atoms with Gasteiger partial charge in [0.15, 0.2) is 11.6 Å². The summed E-state index contributed by atoms with van der Waals surface area (Å²) in [6, 6.07) is 18.7. The Morgan fingerprint density at radius 1 is 0.529 bits per heavy atom. The lowest BCUT2D eigenvalue weighted by atomic mass is 9.81. The summed E-state index contributed by atoms with van der Waals surface area (Å²) in [5.41, 5.74) is -2.78. The Labute approximate surface area is 192 Å². The average Bonchev–Trinajstić information content (AvgIpc) is 2.84. The van der Waals surface area contributed by atoms with Gasteiger partial charge >= 0.3 is 0 Å². The number of anilines is 4. The molecule has 5 rings (SSSR count). The number of fused-ring (bicyclic) bond motifs is 2. The molecule has 1 aliphatic carbocycles. The molecule has 168 valence electrons. The number of hydrogen-bond donors (Lipinski definition) is 4. The van der Waals surface area contributed by atoms with Gasteiger partial charge in [-0.25, -0.2) is 8.78 Å². The van der Waals surface area contributed by atoms with Gasteiger partial charge in [0.25, 0.3) is 0 Å². The number of hydrogen-bond acceptors (Lipinski definition) is 6. The normalized spacial score (nSPS) is 12.2. The van der Waals surface area contributed by atoms with Crippen molar-refractivity contribution in [2.45, 2.75) is 0 Å². The summed E-state index contributed by atoms with van der Waals surface area (Å²) >= 11 is 0. The van der Waals surface area contributed by atoms with E-state index in [9.17, 15) is 19.8 Å². The third kappa shape index (κ3) is 3.24. The number of aromatic hydroxyl groups is 2. The molecule has 0 radical (unpaired) electrons. The van der Waals surface area contributed by atoms with E-state index >= 15 is 8.78 Å². The van der Waals surface area contributed by atoms with Gasteiger partial charge in [-0.15, -0.1) is 0 Å². The number of benzene rings is 4. The van der Waals surface area contributed by atoms with Gasteiger partial charge in [-0.3, -0.25) is 9.59 Å². The van der Waals surface area contributed by atoms with Crippen LogP contribution in [0.2, 0.25) is 0 Å². The van der Waals surface area contributed by atoms with E-state index in [1.807, 2.05) is 0 Å². The highest BCUT2D eigenvalue weighted by Crippen LogP contribution is 2.45. The van der Waals surface area contributed by atoms with Gasteiger partial charge in [-0.2, -0.15) is 0 Å². The second-order valence-corrected chi connectivity index (χ2v) is 7.62. The maximum Gasteiger partial charge on any atom is 0.201 e. The zero-order valence-electron chi connectivity index (χ0n) is 17.4. The first kappa shape index (κ1) is 21.1. The quantitative estimate of drug-likeness (QED) is 0.260. The molecular weight excluding hydrogens is 442 g/mol. The highest BCUT2D eigenvalue weighted by Gasteiger charge is 2.41. The summed E-state index contributed by atoms with van der Waals surface area (Å²) in [6.45, 7) is 0. The number of phenols is 2. The molecule has 1 aliphatic rings. The summed E-state index contributed by atoms with van der Waals surface area (Å²) in [5, 5.41) is 25.9. The Bertz CT molecular complexity index is 1360. The predicted molar refractivity (Wildman–Crippen MR) is 122 cm³/mol. The molecule has 0 saturated heterocycles. The second kappa shape index (κ2) is 8.00. The molecule has 0 unspecified atom stereocenters. The van der Waals surface area contributed by atoms with Crippen LogP contribution in [0.5, 0.6) is 11.5 Å². The molecule has 0 fully saturated rings. The van der Waals surface area contributed by atoms with Crippen molar-refractivity contribution >= 4 is 34.3 Å². The van der Waals surface area contributed by atoms with E-state index < -0.39 is 68.3 Å². The molecule has 34 heavy (non-hydrogen) atoms. The van der Waals surface area contributed by atoms with Crippen LogP contribution < -0.4 is 10.6 Å². The van der Waals surface area contributed by atoms with E-state index in [1.54, 1.807) is 60.7 Å². The van der Waals surface area contributed by atoms with Gasteiger partial charge in [-0.1, -0.05) is 36.4 Å². The van der Waals surface area contributed by atoms with Gasteiger partial charge in [0.2, 0.25) is 11.6 Å². The molecule has 4 N–H and O–H groups in total. The number of ketones is 2. The van der Waals surface area contributed by atoms with E-state index in [2.05, 4.69) is 10.6 Å². The van der Waals surface area contributed by atoms with Gasteiger partial charge in [-0.05, 0) is 36.4 Å². The molecule has 4 aromatic rings. The lowest BCUT2D eigenvalue weighted by Gasteiger charge is -2.24. The molecule has 0 atom stereocenters. The molecule has 0 heterocycles. The number of nitrogens with one attached hydrogen (secondary N) is 2. The zero-order chi connectivity index (χ0) is 24.0. The maximum absolute atomic E-state index is 15.9. The fourth-order valence-corrected chi connectivity index (χ4v) is 3.97. The van der Waals surface area contributed by atoms with Crippen LogP contribution in [-0.4, -0.2) is 21.8 Å². The van der Waals surface area contributed by atoms with Crippen molar-refractivity contribution in [2.24, 2.45) is 0 Å². The summed E-state index contributed by atoms with van der Waals surface area (Å²) in [7, 11) is 0. The monoisotopic (exact) mass is 458 g/mol. The van der Waals surface area contributed by atoms with Gasteiger partial charge in [0.1, 0.15) is 22.9 Å². The molecule has 0 aliphatic heterocycles. The van der Waals surface area contributed by atoms with Crippen molar-refractivity contribution in [1.29, 1.82) is 0 Å². The van der Waals surface area contributed by atoms with Crippen molar-refractivity contribution in [2.75, 3.05) is 10.6 Å². The Morgan fingerprint density at radius 2 is 0.882 bits per heavy atom. The largest absolute Gasteiger partial charge is 0.507 e. The number of carbonyl (C=O) groups is 2. The fourth-order valence-electron chi connectivity index (χ4n) is 3.97. The summed E-state index contributed by atoms with van der Waals surface area (Å²) in [4.78, 5) is 26.4. The highest BCUT2D eigenvalue weighted by atomic mass is 19.1. The minimum Gasteiger partial charge on any atom is -0.507 e. The molecule has 0 amide bonds. The number of rotatable bonds is 4. The van der Waals surface area contributed by atoms with Crippen molar-refractivity contribution < 1.29 is 28.6 Å². The first-order chi connectivity index (χ1) is 16.4. The van der Waals surface area contributed by atoms with E-state index in [0.29, 0.717) is 11.4 Å². The third-order valence-corrected chi connectivity index (χ3v) is 5.53. The lowest BCUT2D eigenvalue weighted by Crippen LogP contribution is -2.25. The summed E-state index contributed by atoms with van der Waals surface area (Å²) in [6.07, 6.45) is 0. The van der Waals surface area contributed by atoms with Crippen LogP contribution in [0.3, 0.4) is 0 Å². The minimum absolute atomic E-state index is 0.393. The number of carbonyl (C=O) groups excluding carboxylic acids is 2. The Balaban J connectivity index is 1.79. The third-order valence-electron chi connectivity index (χ3n) is 5.53. The lowest BCUT2D eigenvalue weighted by molar-refractivity contribution is 0.0967. The Morgan fingerprint density at radius 3 is 1.24 bits per heavy atom. The van der Waals surface area contributed by atoms with Crippen molar-refractivity contribution in [3.63, 3.8) is 0 Å². The zero-order valence-corrected chi connectivity index (χ0v) is 17.4. The predicted octanol–water partition coefficient (Wildman–Crippen LogP) is 5.64. The first-order valence-electron chi connectivity index (χ1n) is 10.2. The van der Waals surface area contributed by atoms with E-state index in [0.717, 1.165) is 12.1 Å². The van der Waals surface area contributed by atoms with Crippen LogP contribution >= 0.6 is 0 Å². The minimum atomic E-state index is -1.18. The fraction of sp³-hybridized carbons (Fsp3) is 0. The molecule has 0 bridgehead atoms. The molecule has 0 aromatic heterocycles. The molecule has 0 spiro atoms. The molecule has 6 nitrogen and oxygen atoms in total. The molecule has 0 saturated carbocycles. The number of halogens is 2. The topological polar surface area (TPSA) is 98.7 Å². The Kier molecular flexibility index (Phi) is 4.98. The van der Waals surface area contributed by atoms with Crippen molar-refractivity contribution in [3.05, 3.63) is 107 Å². The van der Waals surface area contributed by atoms with Crippen LogP contribution in [0, 0.1) is 11.6 Å². The second-order valence-electron chi connectivity index (χ2n) is 7.62. The summed E-state index contributed by atoms with van der Waals surface area (Å²) in [5.74, 6) is -5.83. The van der Waals surface area contributed by atoms with E-state index in [1.165, 1.54) is 0 Å². The van der Waals surface area contributed by atoms with E-state index in [-0.39, 0.29) is 0 Å². The first-order valence-corrected chi connectivity index (χ1v) is 10.2. The highest BCUT2D eigenvalue weighted by molar-refractivity contribution is 6.31. The van der Waals surface area contributed by atoms with Crippen LogP contribution in [0.1, 0.15) is 31.8 Å².